The fourth-order valence-corrected chi connectivity index (χ4v) is 10.1. The number of rotatable bonds is 7. The Balaban J connectivity index is 0.957. The van der Waals surface area contributed by atoms with Crippen LogP contribution in [0, 0.1) is 0 Å². The molecule has 63 heavy (non-hydrogen) atoms. The van der Waals surface area contributed by atoms with Crippen LogP contribution < -0.4 is 4.90 Å². The van der Waals surface area contributed by atoms with Crippen LogP contribution >= 0.6 is 0 Å². The molecule has 0 aliphatic heterocycles. The fourth-order valence-electron chi connectivity index (χ4n) is 10.1. The van der Waals surface area contributed by atoms with E-state index in [-0.39, 0.29) is 5.41 Å². The number of hydrogen-bond acceptors (Lipinski definition) is 2. The molecule has 0 atom stereocenters. The van der Waals surface area contributed by atoms with Crippen molar-refractivity contribution in [1.82, 2.24) is 0 Å². The number of fused-ring (bicyclic) bond motifs is 7. The largest absolute Gasteiger partial charge is 0.456 e. The van der Waals surface area contributed by atoms with Crippen molar-refractivity contribution in [3.63, 3.8) is 0 Å². The fraction of sp³-hybridized carbons (Fsp3) is 0.0492. The Morgan fingerprint density at radius 2 is 0.841 bits per heavy atom. The Morgan fingerprint density at radius 1 is 0.317 bits per heavy atom. The second-order valence-corrected chi connectivity index (χ2v) is 17.3. The predicted molar refractivity (Wildman–Crippen MR) is 265 cm³/mol. The van der Waals surface area contributed by atoms with Crippen molar-refractivity contribution in [2.24, 2.45) is 0 Å². The number of nitrogens with zero attached hydrogens (tertiary/aromatic N) is 1. The average molecular weight is 806 g/mol. The minimum absolute atomic E-state index is 0.188. The SMILES string of the molecule is CC1(C)c2cc(-c3ccccc3)ccc2-c2ccc(N(c3ccc(-c4ccc5oc6ccccc6c5c4)cc3)c3ccc(-c4ccccc4-c4cccc5ccccc45)cc3)cc21. The molecule has 0 N–H and O–H groups in total. The topological polar surface area (TPSA) is 16.4 Å². The Morgan fingerprint density at radius 3 is 1.63 bits per heavy atom. The van der Waals surface area contributed by atoms with E-state index in [4.69, 9.17) is 4.42 Å². The van der Waals surface area contributed by atoms with Gasteiger partial charge >= 0.3 is 0 Å². The zero-order valence-corrected chi connectivity index (χ0v) is 35.2. The predicted octanol–water partition coefficient (Wildman–Crippen LogP) is 17.2. The summed E-state index contributed by atoms with van der Waals surface area (Å²) in [5.74, 6) is 0. The summed E-state index contributed by atoms with van der Waals surface area (Å²) in [6.07, 6.45) is 0. The van der Waals surface area contributed by atoms with Crippen molar-refractivity contribution >= 4 is 49.8 Å². The summed E-state index contributed by atoms with van der Waals surface area (Å²) < 4.78 is 6.16. The van der Waals surface area contributed by atoms with Crippen molar-refractivity contribution in [3.8, 4) is 55.6 Å². The van der Waals surface area contributed by atoms with E-state index < -0.39 is 0 Å². The molecular weight excluding hydrogens is 763 g/mol. The second-order valence-electron chi connectivity index (χ2n) is 17.3. The van der Waals surface area contributed by atoms with Gasteiger partial charge in [-0.25, -0.2) is 0 Å². The minimum atomic E-state index is -0.188. The first kappa shape index (κ1) is 36.9. The first-order valence-corrected chi connectivity index (χ1v) is 21.8. The van der Waals surface area contributed by atoms with E-state index >= 15 is 0 Å². The lowest BCUT2D eigenvalue weighted by atomic mass is 9.81. The zero-order valence-electron chi connectivity index (χ0n) is 35.2. The summed E-state index contributed by atoms with van der Waals surface area (Å²) >= 11 is 0. The van der Waals surface area contributed by atoms with E-state index in [1.54, 1.807) is 0 Å². The Kier molecular flexibility index (Phi) is 8.55. The third-order valence-corrected chi connectivity index (χ3v) is 13.3. The summed E-state index contributed by atoms with van der Waals surface area (Å²) in [6.45, 7) is 4.75. The van der Waals surface area contributed by atoms with Crippen molar-refractivity contribution in [1.29, 1.82) is 0 Å². The van der Waals surface area contributed by atoms with Crippen molar-refractivity contribution < 1.29 is 4.42 Å². The summed E-state index contributed by atoms with van der Waals surface area (Å²) in [6, 6.07) is 81.7. The molecule has 0 saturated carbocycles. The van der Waals surface area contributed by atoms with Crippen LogP contribution in [0.3, 0.4) is 0 Å². The van der Waals surface area contributed by atoms with E-state index in [9.17, 15) is 0 Å². The maximum absolute atomic E-state index is 6.16. The zero-order chi connectivity index (χ0) is 42.1. The molecular formula is C61H43NO. The third kappa shape index (κ3) is 6.17. The van der Waals surface area contributed by atoms with Gasteiger partial charge in [-0.3, -0.25) is 0 Å². The van der Waals surface area contributed by atoms with E-state index in [1.807, 2.05) is 12.1 Å². The molecule has 2 heteroatoms. The number of furan rings is 1. The standard InChI is InChI=1S/C61H43NO/c1-61(2)57-38-45(40-13-4-3-5-14-40)27-34-53(57)54-35-33-48(39-58(54)61)62(46-29-23-41(24-30-46)44-28-36-60-56(37-44)55-20-10-11-22-59(55)63-60)47-31-25-43(26-32-47)50-18-8-9-19-51(50)52-21-12-16-42-15-6-7-17-49(42)52/h3-39H,1-2H3. The molecule has 0 fully saturated rings. The molecule has 2 nitrogen and oxygen atoms in total. The highest BCUT2D eigenvalue weighted by atomic mass is 16.3. The van der Waals surface area contributed by atoms with Gasteiger partial charge in [-0.15, -0.1) is 0 Å². The first-order valence-electron chi connectivity index (χ1n) is 21.8. The Bertz CT molecular complexity index is 3520. The van der Waals surface area contributed by atoms with Gasteiger partial charge in [0.1, 0.15) is 11.2 Å². The molecule has 298 valence electrons. The highest BCUT2D eigenvalue weighted by Gasteiger charge is 2.36. The molecule has 1 aromatic heterocycles. The summed E-state index contributed by atoms with van der Waals surface area (Å²) in [7, 11) is 0. The normalized spacial score (nSPS) is 12.7. The van der Waals surface area contributed by atoms with Crippen molar-refractivity contribution in [2.75, 3.05) is 4.90 Å². The van der Waals surface area contributed by atoms with Crippen LogP contribution in [-0.4, -0.2) is 0 Å². The Labute approximate surface area is 368 Å². The maximum atomic E-state index is 6.16. The number of anilines is 3. The molecule has 11 aromatic rings. The van der Waals surface area contributed by atoms with Crippen LogP contribution in [-0.2, 0) is 5.41 Å². The van der Waals surface area contributed by atoms with Gasteiger partial charge in [-0.2, -0.15) is 0 Å². The molecule has 0 saturated heterocycles. The highest BCUT2D eigenvalue weighted by molar-refractivity contribution is 6.06. The lowest BCUT2D eigenvalue weighted by molar-refractivity contribution is 0.660. The Hall–Kier alpha value is -7.94. The molecule has 0 radical (unpaired) electrons. The summed E-state index contributed by atoms with van der Waals surface area (Å²) in [4.78, 5) is 2.41. The number of para-hydroxylation sites is 1. The lowest BCUT2D eigenvalue weighted by Gasteiger charge is -2.28. The van der Waals surface area contributed by atoms with E-state index in [1.165, 1.54) is 66.4 Å². The summed E-state index contributed by atoms with van der Waals surface area (Å²) in [5.41, 5.74) is 19.9. The second kappa shape index (κ2) is 14.6. The van der Waals surface area contributed by atoms with Gasteiger partial charge in [0.2, 0.25) is 0 Å². The van der Waals surface area contributed by atoms with Gasteiger partial charge in [0, 0.05) is 33.2 Å². The maximum Gasteiger partial charge on any atom is 0.135 e. The molecule has 10 aromatic carbocycles. The van der Waals surface area contributed by atoms with Gasteiger partial charge in [-0.05, 0) is 138 Å². The van der Waals surface area contributed by atoms with Crippen LogP contribution in [0.2, 0.25) is 0 Å². The van der Waals surface area contributed by atoms with E-state index in [2.05, 4.69) is 231 Å². The first-order chi connectivity index (χ1) is 31.0. The molecule has 12 rings (SSSR count). The number of hydrogen-bond donors (Lipinski definition) is 0. The van der Waals surface area contributed by atoms with Crippen molar-refractivity contribution in [2.45, 2.75) is 19.3 Å². The third-order valence-electron chi connectivity index (χ3n) is 13.3. The van der Waals surface area contributed by atoms with Gasteiger partial charge in [0.05, 0.1) is 0 Å². The molecule has 1 aliphatic carbocycles. The van der Waals surface area contributed by atoms with E-state index in [0.717, 1.165) is 50.1 Å². The van der Waals surface area contributed by atoms with Gasteiger partial charge in [-0.1, -0.05) is 178 Å². The molecule has 0 unspecified atom stereocenters. The smallest absolute Gasteiger partial charge is 0.135 e. The van der Waals surface area contributed by atoms with Crippen molar-refractivity contribution in [3.05, 3.63) is 236 Å². The van der Waals surface area contributed by atoms with Crippen LogP contribution in [0.4, 0.5) is 17.1 Å². The van der Waals surface area contributed by atoms with Crippen LogP contribution in [0.25, 0.3) is 88.3 Å². The lowest BCUT2D eigenvalue weighted by Crippen LogP contribution is -2.16. The van der Waals surface area contributed by atoms with Gasteiger partial charge in [0.25, 0.3) is 0 Å². The van der Waals surface area contributed by atoms with E-state index in [0.29, 0.717) is 0 Å². The van der Waals surface area contributed by atoms with Crippen LogP contribution in [0.1, 0.15) is 25.0 Å². The van der Waals surface area contributed by atoms with Crippen LogP contribution in [0.5, 0.6) is 0 Å². The van der Waals surface area contributed by atoms with Crippen LogP contribution in [0.15, 0.2) is 229 Å². The molecule has 0 amide bonds. The minimum Gasteiger partial charge on any atom is -0.456 e. The quantitative estimate of drug-likeness (QED) is 0.160. The highest BCUT2D eigenvalue weighted by Crippen LogP contribution is 2.52. The number of benzene rings is 10. The van der Waals surface area contributed by atoms with Gasteiger partial charge in [0.15, 0.2) is 0 Å². The molecule has 1 aliphatic rings. The molecule has 0 bridgehead atoms. The van der Waals surface area contributed by atoms with Gasteiger partial charge < -0.3 is 9.32 Å². The average Bonchev–Trinajstić information content (AvgIpc) is 3.83. The molecule has 1 heterocycles. The molecule has 0 spiro atoms. The summed E-state index contributed by atoms with van der Waals surface area (Å²) in [5, 5.41) is 4.77. The monoisotopic (exact) mass is 805 g/mol.